The van der Waals surface area contributed by atoms with Gasteiger partial charge in [0.2, 0.25) is 0 Å². The van der Waals surface area contributed by atoms with E-state index in [0.29, 0.717) is 11.9 Å². The number of carbonyl (C=O) groups excluding carboxylic acids is 1. The molecule has 0 saturated heterocycles. The van der Waals surface area contributed by atoms with Gasteiger partial charge in [0.15, 0.2) is 0 Å². The number of hydrogen-bond acceptors (Lipinski definition) is 3. The molecule has 1 heterocycles. The Morgan fingerprint density at radius 3 is 2.62 bits per heavy atom. The largest absolute Gasteiger partial charge is 0.372 e. The Hall–Kier alpha value is -1.73. The van der Waals surface area contributed by atoms with E-state index >= 15 is 0 Å². The highest BCUT2D eigenvalue weighted by Crippen LogP contribution is 2.25. The average molecular weight is 377 g/mol. The summed E-state index contributed by atoms with van der Waals surface area (Å²) in [7, 11) is 1.64. The number of rotatable bonds is 3. The Morgan fingerprint density at radius 1 is 1.29 bits per heavy atom. The van der Waals surface area contributed by atoms with Crippen LogP contribution in [0, 0.1) is 11.6 Å². The molecule has 0 aliphatic heterocycles. The lowest BCUT2D eigenvalue weighted by Crippen LogP contribution is -2.14. The van der Waals surface area contributed by atoms with Gasteiger partial charge in [0.05, 0.1) is 20.7 Å². The van der Waals surface area contributed by atoms with Crippen molar-refractivity contribution in [3.8, 4) is 0 Å². The van der Waals surface area contributed by atoms with Crippen LogP contribution in [0.5, 0.6) is 0 Å². The van der Waals surface area contributed by atoms with Crippen LogP contribution < -0.4 is 10.6 Å². The van der Waals surface area contributed by atoms with Crippen molar-refractivity contribution in [1.82, 2.24) is 4.98 Å². The molecular weight excluding hydrogens is 368 g/mol. The molecule has 2 N–H and O–H groups in total. The van der Waals surface area contributed by atoms with E-state index in [1.807, 2.05) is 0 Å². The second-order valence-corrected chi connectivity index (χ2v) is 5.27. The molecule has 0 bridgehead atoms. The minimum absolute atomic E-state index is 0.0425. The fourth-order valence-electron chi connectivity index (χ4n) is 1.56. The van der Waals surface area contributed by atoms with Gasteiger partial charge in [0.25, 0.3) is 5.91 Å². The molecule has 0 unspecified atom stereocenters. The zero-order valence-corrected chi connectivity index (χ0v) is 13.0. The Morgan fingerprint density at radius 2 is 2.00 bits per heavy atom. The molecular formula is C13H9BrClF2N3O. The SMILES string of the molecule is CNc1ncc(C(=O)Nc2cc(Br)c(F)cc2F)cc1Cl. The van der Waals surface area contributed by atoms with Crippen molar-refractivity contribution in [2.24, 2.45) is 0 Å². The number of carbonyl (C=O) groups is 1. The Labute approximate surface area is 132 Å². The van der Waals surface area contributed by atoms with Crippen LogP contribution in [0.2, 0.25) is 5.02 Å². The summed E-state index contributed by atoms with van der Waals surface area (Å²) in [6.45, 7) is 0. The lowest BCUT2D eigenvalue weighted by molar-refractivity contribution is 0.102. The first-order valence-electron chi connectivity index (χ1n) is 5.71. The molecule has 2 rings (SSSR count). The van der Waals surface area contributed by atoms with Gasteiger partial charge in [-0.15, -0.1) is 0 Å². The normalized spacial score (nSPS) is 10.3. The number of pyridine rings is 1. The zero-order valence-electron chi connectivity index (χ0n) is 10.7. The maximum absolute atomic E-state index is 13.6. The van der Waals surface area contributed by atoms with Gasteiger partial charge < -0.3 is 10.6 Å². The van der Waals surface area contributed by atoms with E-state index in [4.69, 9.17) is 11.6 Å². The van der Waals surface area contributed by atoms with Gasteiger partial charge in [-0.2, -0.15) is 0 Å². The van der Waals surface area contributed by atoms with Gasteiger partial charge in [0.1, 0.15) is 17.5 Å². The highest BCUT2D eigenvalue weighted by molar-refractivity contribution is 9.10. The Balaban J connectivity index is 2.26. The number of halogens is 4. The summed E-state index contributed by atoms with van der Waals surface area (Å²) in [6.07, 6.45) is 1.30. The van der Waals surface area contributed by atoms with E-state index in [0.717, 1.165) is 6.07 Å². The summed E-state index contributed by atoms with van der Waals surface area (Å²) in [6, 6.07) is 3.21. The van der Waals surface area contributed by atoms with E-state index in [-0.39, 0.29) is 20.7 Å². The molecule has 4 nitrogen and oxygen atoms in total. The Kier molecular flexibility index (Phi) is 4.74. The predicted octanol–water partition coefficient (Wildman–Crippen LogP) is 4.07. The van der Waals surface area contributed by atoms with Gasteiger partial charge in [0, 0.05) is 19.3 Å². The topological polar surface area (TPSA) is 54.0 Å². The molecule has 0 aliphatic rings. The molecule has 0 atom stereocenters. The molecule has 0 spiro atoms. The summed E-state index contributed by atoms with van der Waals surface area (Å²) in [5.74, 6) is -1.82. The lowest BCUT2D eigenvalue weighted by Gasteiger charge is -2.09. The molecule has 1 amide bonds. The van der Waals surface area contributed by atoms with Crippen molar-refractivity contribution in [3.05, 3.63) is 51.1 Å². The van der Waals surface area contributed by atoms with Crippen LogP contribution >= 0.6 is 27.5 Å². The number of benzene rings is 1. The number of aromatic nitrogens is 1. The second-order valence-electron chi connectivity index (χ2n) is 4.00. The lowest BCUT2D eigenvalue weighted by atomic mass is 10.2. The molecule has 0 saturated carbocycles. The summed E-state index contributed by atoms with van der Waals surface area (Å²) >= 11 is 8.84. The van der Waals surface area contributed by atoms with E-state index in [1.54, 1.807) is 7.05 Å². The van der Waals surface area contributed by atoms with Crippen molar-refractivity contribution in [3.63, 3.8) is 0 Å². The quantitative estimate of drug-likeness (QED) is 0.794. The summed E-state index contributed by atoms with van der Waals surface area (Å²) in [4.78, 5) is 16.0. The highest BCUT2D eigenvalue weighted by atomic mass is 79.9. The molecule has 0 aliphatic carbocycles. The molecule has 0 fully saturated rings. The molecule has 110 valence electrons. The fourth-order valence-corrected chi connectivity index (χ4v) is 2.16. The van der Waals surface area contributed by atoms with Gasteiger partial charge in [-0.1, -0.05) is 11.6 Å². The van der Waals surface area contributed by atoms with Crippen LogP contribution in [-0.4, -0.2) is 17.9 Å². The van der Waals surface area contributed by atoms with Crippen LogP contribution in [0.15, 0.2) is 28.9 Å². The van der Waals surface area contributed by atoms with E-state index in [1.165, 1.54) is 12.3 Å². The maximum Gasteiger partial charge on any atom is 0.257 e. The van der Waals surface area contributed by atoms with Gasteiger partial charge in [-0.05, 0) is 28.1 Å². The third kappa shape index (κ3) is 3.48. The third-order valence-corrected chi connectivity index (χ3v) is 3.49. The van der Waals surface area contributed by atoms with Crippen molar-refractivity contribution in [2.45, 2.75) is 0 Å². The van der Waals surface area contributed by atoms with Crippen molar-refractivity contribution in [1.29, 1.82) is 0 Å². The van der Waals surface area contributed by atoms with Crippen LogP contribution in [0.1, 0.15) is 10.4 Å². The highest BCUT2D eigenvalue weighted by Gasteiger charge is 2.14. The van der Waals surface area contributed by atoms with Crippen LogP contribution in [-0.2, 0) is 0 Å². The number of amides is 1. The molecule has 1 aromatic carbocycles. The Bertz CT molecular complexity index is 712. The number of anilines is 2. The third-order valence-electron chi connectivity index (χ3n) is 2.60. The average Bonchev–Trinajstić information content (AvgIpc) is 2.44. The van der Waals surface area contributed by atoms with Crippen LogP contribution in [0.4, 0.5) is 20.3 Å². The van der Waals surface area contributed by atoms with E-state index in [9.17, 15) is 13.6 Å². The summed E-state index contributed by atoms with van der Waals surface area (Å²) in [5, 5.41) is 5.34. The minimum atomic E-state index is -0.880. The fraction of sp³-hybridized carbons (Fsp3) is 0.0769. The number of nitrogens with one attached hydrogen (secondary N) is 2. The van der Waals surface area contributed by atoms with Crippen LogP contribution in [0.3, 0.4) is 0 Å². The van der Waals surface area contributed by atoms with Gasteiger partial charge in [-0.25, -0.2) is 13.8 Å². The minimum Gasteiger partial charge on any atom is -0.372 e. The molecule has 1 aromatic heterocycles. The van der Waals surface area contributed by atoms with E-state index in [2.05, 4.69) is 31.5 Å². The first kappa shape index (κ1) is 15.7. The molecule has 21 heavy (non-hydrogen) atoms. The van der Waals surface area contributed by atoms with Crippen LogP contribution in [0.25, 0.3) is 0 Å². The van der Waals surface area contributed by atoms with E-state index < -0.39 is 17.5 Å². The molecule has 0 radical (unpaired) electrons. The van der Waals surface area contributed by atoms with Crippen molar-refractivity contribution in [2.75, 3.05) is 17.7 Å². The van der Waals surface area contributed by atoms with Gasteiger partial charge >= 0.3 is 0 Å². The standard InChI is InChI=1S/C13H9BrClF2N3O/c1-18-12-8(15)2-6(5-19-12)13(21)20-11-3-7(14)9(16)4-10(11)17/h2-5H,1H3,(H,18,19)(H,20,21). The zero-order chi connectivity index (χ0) is 15.6. The van der Waals surface area contributed by atoms with Gasteiger partial charge in [-0.3, -0.25) is 4.79 Å². The first-order chi connectivity index (χ1) is 9.92. The molecule has 2 aromatic rings. The monoisotopic (exact) mass is 375 g/mol. The van der Waals surface area contributed by atoms with Crippen molar-refractivity contribution >= 4 is 44.9 Å². The van der Waals surface area contributed by atoms with Crippen molar-refractivity contribution < 1.29 is 13.6 Å². The predicted molar refractivity (Wildman–Crippen MR) is 80.8 cm³/mol. The smallest absolute Gasteiger partial charge is 0.257 e. The molecule has 8 heteroatoms. The maximum atomic E-state index is 13.6. The number of nitrogens with zero attached hydrogens (tertiary/aromatic N) is 1. The number of hydrogen-bond donors (Lipinski definition) is 2. The summed E-state index contributed by atoms with van der Waals surface area (Å²) < 4.78 is 26.7. The summed E-state index contributed by atoms with van der Waals surface area (Å²) in [5.41, 5.74) is 0.000868. The second kappa shape index (κ2) is 6.36. The first-order valence-corrected chi connectivity index (χ1v) is 6.88.